The number of hydrogen-bond acceptors (Lipinski definition) is 5. The van der Waals surface area contributed by atoms with E-state index in [2.05, 4.69) is 14.7 Å². The van der Waals surface area contributed by atoms with Crippen LogP contribution in [-0.4, -0.2) is 27.9 Å². The molecule has 0 aliphatic heterocycles. The third-order valence-corrected chi connectivity index (χ3v) is 4.96. The molecule has 0 atom stereocenters. The number of nitrogens with zero attached hydrogens (tertiary/aromatic N) is 2. The largest absolute Gasteiger partial charge is 0.517 e. The Morgan fingerprint density at radius 1 is 0.943 bits per heavy atom. The molecule has 2 aromatic heterocycles. The predicted molar refractivity (Wildman–Crippen MR) is 126 cm³/mol. The smallest absolute Gasteiger partial charge is 0.487 e. The van der Waals surface area contributed by atoms with Crippen molar-refractivity contribution < 1.29 is 28.1 Å². The highest BCUT2D eigenvalue weighted by Gasteiger charge is 2.44. The molecule has 0 spiro atoms. The number of nitrogens with two attached hydrogens (primary N) is 1. The van der Waals surface area contributed by atoms with Crippen molar-refractivity contribution in [1.29, 1.82) is 5.41 Å². The van der Waals surface area contributed by atoms with Gasteiger partial charge in [0.2, 0.25) is 5.90 Å². The number of ether oxygens (including phenoxy) is 2. The van der Waals surface area contributed by atoms with Crippen molar-refractivity contribution in [3.63, 3.8) is 0 Å². The van der Waals surface area contributed by atoms with Crippen molar-refractivity contribution in [2.45, 2.75) is 12.8 Å². The Morgan fingerprint density at radius 3 is 2.37 bits per heavy atom. The molecule has 2 heterocycles. The number of hydrogen-bond donors (Lipinski definition) is 2. The van der Waals surface area contributed by atoms with Crippen molar-refractivity contribution in [2.75, 3.05) is 0 Å². The summed E-state index contributed by atoms with van der Waals surface area (Å²) < 4.78 is 48.9. The van der Waals surface area contributed by atoms with Gasteiger partial charge in [-0.1, -0.05) is 36.4 Å². The van der Waals surface area contributed by atoms with E-state index in [1.54, 1.807) is 36.4 Å². The molecule has 3 N–H and O–H groups in total. The Labute approximate surface area is 198 Å². The van der Waals surface area contributed by atoms with Gasteiger partial charge in [0.15, 0.2) is 0 Å². The molecule has 9 heteroatoms. The second-order valence-electron chi connectivity index (χ2n) is 7.44. The summed E-state index contributed by atoms with van der Waals surface area (Å²) in [5.74, 6) is -1.93. The molecule has 4 rings (SSSR count). The van der Waals surface area contributed by atoms with Crippen LogP contribution in [0.1, 0.15) is 16.8 Å². The molecule has 2 aromatic carbocycles. The highest BCUT2D eigenvalue weighted by molar-refractivity contribution is 6.25. The van der Waals surface area contributed by atoms with Gasteiger partial charge in [-0.15, -0.1) is 0 Å². The first-order chi connectivity index (χ1) is 16.8. The zero-order valence-electron chi connectivity index (χ0n) is 18.3. The van der Waals surface area contributed by atoms with Gasteiger partial charge in [0.05, 0.1) is 11.2 Å². The van der Waals surface area contributed by atoms with Crippen LogP contribution in [0, 0.1) is 5.41 Å². The summed E-state index contributed by atoms with van der Waals surface area (Å²) in [5, 5.41) is 14.1. The van der Waals surface area contributed by atoms with Crippen LogP contribution in [0.3, 0.4) is 0 Å². The topological polar surface area (TPSA) is 93.7 Å². The Hall–Kier alpha value is -4.53. The minimum absolute atomic E-state index is 0.103. The lowest BCUT2D eigenvalue weighted by Crippen LogP contribution is -2.51. The predicted octanol–water partition coefficient (Wildman–Crippen LogP) is 4.46. The molecule has 176 valence electrons. The average Bonchev–Trinajstić information content (AvgIpc) is 2.86. The summed E-state index contributed by atoms with van der Waals surface area (Å²) in [6.07, 6.45) is -0.311. The third-order valence-electron chi connectivity index (χ3n) is 4.96. The normalized spacial score (nSPS) is 11.8. The van der Waals surface area contributed by atoms with Crippen LogP contribution in [0.25, 0.3) is 22.6 Å². The lowest BCUT2D eigenvalue weighted by molar-refractivity contribution is -0.191. The van der Waals surface area contributed by atoms with Crippen LogP contribution < -0.4 is 10.1 Å². The number of pyridine rings is 2. The summed E-state index contributed by atoms with van der Waals surface area (Å²) in [4.78, 5) is 8.48. The van der Waals surface area contributed by atoms with Crippen molar-refractivity contribution in [3.05, 3.63) is 102 Å². The molecular formula is C26H20F3N4O2+. The van der Waals surface area contributed by atoms with Crippen LogP contribution >= 0.6 is 0 Å². The minimum Gasteiger partial charge on any atom is -0.487 e. The van der Waals surface area contributed by atoms with Gasteiger partial charge in [0.1, 0.15) is 12.4 Å². The molecule has 0 amide bonds. The van der Waals surface area contributed by atoms with Crippen molar-refractivity contribution in [3.8, 4) is 5.75 Å². The molecule has 0 unspecified atom stereocenters. The molecule has 0 saturated carbocycles. The van der Waals surface area contributed by atoms with E-state index in [0.29, 0.717) is 16.9 Å². The summed E-state index contributed by atoms with van der Waals surface area (Å²) in [7, 11) is 0. The van der Waals surface area contributed by atoms with Crippen molar-refractivity contribution in [2.24, 2.45) is 0 Å². The van der Waals surface area contributed by atoms with E-state index < -0.39 is 18.0 Å². The van der Waals surface area contributed by atoms with Gasteiger partial charge in [0, 0.05) is 23.4 Å². The third kappa shape index (κ3) is 6.08. The van der Waals surface area contributed by atoms with Gasteiger partial charge in [-0.2, -0.15) is 13.2 Å². The van der Waals surface area contributed by atoms with Gasteiger partial charge in [0.25, 0.3) is 0 Å². The van der Waals surface area contributed by atoms with Crippen LogP contribution in [0.5, 0.6) is 5.75 Å². The van der Waals surface area contributed by atoms with Gasteiger partial charge in [-0.05, 0) is 53.6 Å². The summed E-state index contributed by atoms with van der Waals surface area (Å²) in [6.45, 7) is 0.236. The number of nitrogens with one attached hydrogen (secondary N) is 1. The Balaban J connectivity index is 1.53. The summed E-state index contributed by atoms with van der Waals surface area (Å²) in [5.41, 5.74) is 2.78. The van der Waals surface area contributed by atoms with E-state index in [0.717, 1.165) is 16.6 Å². The number of halogens is 3. The molecular weight excluding hydrogens is 457 g/mol. The van der Waals surface area contributed by atoms with Crippen LogP contribution in [0.4, 0.5) is 13.2 Å². The average molecular weight is 477 g/mol. The van der Waals surface area contributed by atoms with E-state index in [4.69, 9.17) is 15.6 Å². The van der Waals surface area contributed by atoms with E-state index in [1.165, 1.54) is 18.5 Å². The SMILES string of the molecule is N=C(OC(=[NH2+])C(F)(F)F)/C(=C/c1ccncc1)c1ccc(OCc2ccc3ccccc3n2)cc1. The minimum atomic E-state index is -4.89. The molecule has 0 fully saturated rings. The van der Waals surface area contributed by atoms with Crippen molar-refractivity contribution >= 4 is 34.3 Å². The molecule has 4 aromatic rings. The first-order valence-corrected chi connectivity index (χ1v) is 10.5. The number of benzene rings is 2. The highest BCUT2D eigenvalue weighted by Crippen LogP contribution is 2.25. The van der Waals surface area contributed by atoms with Gasteiger partial charge in [-0.3, -0.25) is 10.4 Å². The molecule has 0 aliphatic carbocycles. The fourth-order valence-electron chi connectivity index (χ4n) is 3.21. The maximum Gasteiger partial charge on any atom is 0.517 e. The van der Waals surface area contributed by atoms with Crippen molar-refractivity contribution in [1.82, 2.24) is 9.97 Å². The first-order valence-electron chi connectivity index (χ1n) is 10.5. The van der Waals surface area contributed by atoms with E-state index in [1.807, 2.05) is 36.4 Å². The zero-order valence-corrected chi connectivity index (χ0v) is 18.3. The quantitative estimate of drug-likeness (QED) is 0.317. The van der Waals surface area contributed by atoms with Crippen LogP contribution in [0.2, 0.25) is 0 Å². The fraction of sp³-hybridized carbons (Fsp3) is 0.0769. The number of alkyl halides is 3. The molecule has 6 nitrogen and oxygen atoms in total. The maximum absolute atomic E-state index is 12.8. The fourth-order valence-corrected chi connectivity index (χ4v) is 3.21. The summed E-state index contributed by atoms with van der Waals surface area (Å²) in [6, 6.07) is 21.5. The van der Waals surface area contributed by atoms with Crippen LogP contribution in [0.15, 0.2) is 85.2 Å². The van der Waals surface area contributed by atoms with Gasteiger partial charge >= 0.3 is 12.1 Å². The number of fused-ring (bicyclic) bond motifs is 1. The lowest BCUT2D eigenvalue weighted by atomic mass is 10.0. The van der Waals surface area contributed by atoms with Gasteiger partial charge < -0.3 is 9.47 Å². The highest BCUT2D eigenvalue weighted by atomic mass is 19.4. The molecule has 0 radical (unpaired) electrons. The van der Waals surface area contributed by atoms with Gasteiger partial charge in [-0.25, -0.2) is 10.4 Å². The zero-order chi connectivity index (χ0) is 24.8. The maximum atomic E-state index is 12.8. The summed E-state index contributed by atoms with van der Waals surface area (Å²) >= 11 is 0. The second kappa shape index (κ2) is 10.2. The molecule has 35 heavy (non-hydrogen) atoms. The number of para-hydroxylation sites is 1. The van der Waals surface area contributed by atoms with E-state index >= 15 is 0 Å². The number of rotatable bonds is 6. The Bertz CT molecular complexity index is 1390. The standard InChI is InChI=1S/C26H19F3N4O2/c27-26(28,29)25(31)35-24(30)22(15-17-11-13-32-14-12-17)18-6-9-21(10-7-18)34-16-20-8-5-19-3-1-2-4-23(19)33-20/h1-15,30-31H,16H2/p+1/b22-15+,30-24?,31-25?. The Kier molecular flexibility index (Phi) is 6.86. The molecule has 0 bridgehead atoms. The molecule has 0 aliphatic rings. The second-order valence-corrected chi connectivity index (χ2v) is 7.44. The monoisotopic (exact) mass is 477 g/mol. The van der Waals surface area contributed by atoms with E-state index in [-0.39, 0.29) is 12.2 Å². The first kappa shape index (κ1) is 23.6. The lowest BCUT2D eigenvalue weighted by Gasteiger charge is -2.12. The number of aromatic nitrogens is 2. The van der Waals surface area contributed by atoms with Crippen LogP contribution in [-0.2, 0) is 11.3 Å². The Morgan fingerprint density at radius 2 is 1.66 bits per heavy atom. The molecule has 0 saturated heterocycles. The van der Waals surface area contributed by atoms with E-state index in [9.17, 15) is 13.2 Å².